The number of aliphatic carboxylic acids is 1. The number of rotatable bonds is 11. The van der Waals surface area contributed by atoms with E-state index in [9.17, 15) is 32.7 Å². The number of carboxylic acid groups (broad SMARTS) is 1. The molecule has 0 fully saturated rings. The van der Waals surface area contributed by atoms with E-state index in [1.807, 2.05) is 53.8 Å². The normalized spacial score (nSPS) is 14.7. The summed E-state index contributed by atoms with van der Waals surface area (Å²) in [4.78, 5) is 37.3. The highest BCUT2D eigenvalue weighted by molar-refractivity contribution is 5.89. The zero-order valence-electron chi connectivity index (χ0n) is 22.1. The molecule has 2 amide bonds. The lowest BCUT2D eigenvalue weighted by molar-refractivity contribution is -0.152. The molecule has 0 bridgehead atoms. The van der Waals surface area contributed by atoms with Gasteiger partial charge in [0.25, 0.3) is 0 Å². The van der Waals surface area contributed by atoms with Crippen LogP contribution in [0.5, 0.6) is 0 Å². The van der Waals surface area contributed by atoms with Crippen LogP contribution in [-0.2, 0) is 25.7 Å². The molecular formula is C30H29F3N2O6. The molecule has 3 unspecified atom stereocenters. The number of nitrogens with one attached hydrogen (secondary N) is 2. The predicted molar refractivity (Wildman–Crippen MR) is 143 cm³/mol. The molecule has 1 aliphatic carbocycles. The largest absolute Gasteiger partial charge is 0.480 e. The van der Waals surface area contributed by atoms with Crippen LogP contribution in [0.4, 0.5) is 18.0 Å². The third-order valence-electron chi connectivity index (χ3n) is 6.78. The van der Waals surface area contributed by atoms with Crippen LogP contribution in [0, 0.1) is 0 Å². The lowest BCUT2D eigenvalue weighted by Gasteiger charge is -2.25. The third kappa shape index (κ3) is 7.63. The van der Waals surface area contributed by atoms with Crippen LogP contribution >= 0.6 is 0 Å². The van der Waals surface area contributed by atoms with Gasteiger partial charge in [-0.2, -0.15) is 13.2 Å². The molecule has 4 rings (SSSR count). The van der Waals surface area contributed by atoms with Gasteiger partial charge in [-0.25, -0.2) is 9.59 Å². The van der Waals surface area contributed by atoms with Crippen LogP contribution in [0.2, 0.25) is 0 Å². The summed E-state index contributed by atoms with van der Waals surface area (Å²) < 4.78 is 50.8. The summed E-state index contributed by atoms with van der Waals surface area (Å²) in [7, 11) is 0. The lowest BCUT2D eigenvalue weighted by Crippen LogP contribution is -2.56. The van der Waals surface area contributed by atoms with E-state index in [0.717, 1.165) is 27.8 Å². The standard InChI is InChI=1S/C30H29F3N2O6/c1-18(40-16-19-9-3-2-4-10-19)26(28(37)38)35-27(36)25(15-30(31,32)33)34-29(39)41-17-24-22-13-7-5-11-20(22)21-12-6-8-14-23(21)24/h2-14,18,24-26H,15-17H2,1H3,(H,34,39)(H,35,36)(H,37,38). The minimum absolute atomic E-state index is 0.0195. The maximum atomic E-state index is 13.3. The van der Waals surface area contributed by atoms with Crippen molar-refractivity contribution in [1.29, 1.82) is 0 Å². The number of hydrogen-bond donors (Lipinski definition) is 3. The number of hydrogen-bond acceptors (Lipinski definition) is 5. The van der Waals surface area contributed by atoms with Gasteiger partial charge in [-0.15, -0.1) is 0 Å². The molecule has 1 aliphatic rings. The highest BCUT2D eigenvalue weighted by atomic mass is 19.4. The van der Waals surface area contributed by atoms with Gasteiger partial charge < -0.3 is 25.2 Å². The maximum Gasteiger partial charge on any atom is 0.407 e. The lowest BCUT2D eigenvalue weighted by atomic mass is 9.98. The SMILES string of the molecule is CC(OCc1ccccc1)C(NC(=O)C(CC(F)(F)F)NC(=O)OCC1c2ccccc2-c2ccccc21)C(=O)O. The van der Waals surface area contributed by atoms with Crippen molar-refractivity contribution in [2.24, 2.45) is 0 Å². The van der Waals surface area contributed by atoms with Crippen LogP contribution < -0.4 is 10.6 Å². The fourth-order valence-corrected chi connectivity index (χ4v) is 4.75. The summed E-state index contributed by atoms with van der Waals surface area (Å²) in [5.41, 5.74) is 4.48. The van der Waals surface area contributed by atoms with E-state index < -0.39 is 48.8 Å². The topological polar surface area (TPSA) is 114 Å². The molecule has 0 saturated heterocycles. The number of ether oxygens (including phenoxy) is 2. The molecule has 0 spiro atoms. The number of alkyl halides is 3. The second kappa shape index (κ2) is 12.9. The Morgan fingerprint density at radius 3 is 2.00 bits per heavy atom. The van der Waals surface area contributed by atoms with Crippen molar-refractivity contribution in [2.45, 2.75) is 50.2 Å². The summed E-state index contributed by atoms with van der Waals surface area (Å²) >= 11 is 0. The molecule has 0 aromatic heterocycles. The quantitative estimate of drug-likeness (QED) is 0.298. The number of carbonyl (C=O) groups is 3. The van der Waals surface area contributed by atoms with Gasteiger partial charge in [-0.3, -0.25) is 4.79 Å². The first kappa shape index (κ1) is 29.6. The Bertz CT molecular complexity index is 1340. The number of alkyl carbamates (subject to hydrolysis) is 1. The van der Waals surface area contributed by atoms with Gasteiger partial charge in [0.1, 0.15) is 12.6 Å². The van der Waals surface area contributed by atoms with E-state index >= 15 is 0 Å². The first-order valence-electron chi connectivity index (χ1n) is 12.9. The second-order valence-corrected chi connectivity index (χ2v) is 9.67. The minimum atomic E-state index is -4.84. The maximum absolute atomic E-state index is 13.3. The Labute approximate surface area is 234 Å². The summed E-state index contributed by atoms with van der Waals surface area (Å²) in [6, 6.07) is 20.1. The molecule has 3 aromatic rings. The van der Waals surface area contributed by atoms with E-state index in [1.165, 1.54) is 6.92 Å². The summed E-state index contributed by atoms with van der Waals surface area (Å²) in [5, 5.41) is 13.7. The third-order valence-corrected chi connectivity index (χ3v) is 6.78. The molecule has 0 radical (unpaired) electrons. The average molecular weight is 571 g/mol. The van der Waals surface area contributed by atoms with E-state index in [2.05, 4.69) is 5.32 Å². The summed E-state index contributed by atoms with van der Waals surface area (Å²) in [6.07, 6.45) is -8.91. The number of benzene rings is 3. The van der Waals surface area contributed by atoms with Crippen LogP contribution in [-0.4, -0.2) is 54.0 Å². The van der Waals surface area contributed by atoms with Crippen LogP contribution in [0.1, 0.15) is 36.0 Å². The van der Waals surface area contributed by atoms with Gasteiger partial charge >= 0.3 is 18.2 Å². The average Bonchev–Trinajstić information content (AvgIpc) is 3.26. The molecule has 11 heteroatoms. The van der Waals surface area contributed by atoms with Crippen molar-refractivity contribution in [2.75, 3.05) is 6.61 Å². The van der Waals surface area contributed by atoms with Gasteiger partial charge in [-0.1, -0.05) is 78.9 Å². The Morgan fingerprint density at radius 2 is 1.44 bits per heavy atom. The zero-order chi connectivity index (χ0) is 29.6. The monoisotopic (exact) mass is 570 g/mol. The highest BCUT2D eigenvalue weighted by Crippen LogP contribution is 2.44. The smallest absolute Gasteiger partial charge is 0.407 e. The van der Waals surface area contributed by atoms with Crippen molar-refractivity contribution in [3.8, 4) is 11.1 Å². The molecule has 3 atom stereocenters. The summed E-state index contributed by atoms with van der Waals surface area (Å²) in [6.45, 7) is 1.22. The van der Waals surface area contributed by atoms with E-state index in [1.54, 1.807) is 30.3 Å². The first-order chi connectivity index (χ1) is 19.5. The molecule has 0 heterocycles. The van der Waals surface area contributed by atoms with Crippen LogP contribution in [0.15, 0.2) is 78.9 Å². The number of carboxylic acids is 1. The van der Waals surface area contributed by atoms with Gasteiger partial charge in [0.2, 0.25) is 5.91 Å². The van der Waals surface area contributed by atoms with Crippen molar-refractivity contribution < 1.29 is 42.1 Å². The number of amides is 2. The predicted octanol–water partition coefficient (Wildman–Crippen LogP) is 5.02. The number of fused-ring (bicyclic) bond motifs is 3. The molecule has 3 aromatic carbocycles. The molecule has 216 valence electrons. The Morgan fingerprint density at radius 1 is 0.878 bits per heavy atom. The molecule has 8 nitrogen and oxygen atoms in total. The fourth-order valence-electron chi connectivity index (χ4n) is 4.75. The van der Waals surface area contributed by atoms with Gasteiger partial charge in [-0.05, 0) is 34.7 Å². The zero-order valence-corrected chi connectivity index (χ0v) is 22.1. The number of halogens is 3. The summed E-state index contributed by atoms with van der Waals surface area (Å²) in [5.74, 6) is -3.19. The van der Waals surface area contributed by atoms with Crippen LogP contribution in [0.25, 0.3) is 11.1 Å². The molecular weight excluding hydrogens is 541 g/mol. The van der Waals surface area contributed by atoms with Crippen LogP contribution in [0.3, 0.4) is 0 Å². The number of carbonyl (C=O) groups excluding carboxylic acids is 2. The first-order valence-corrected chi connectivity index (χ1v) is 12.9. The fraction of sp³-hybridized carbons (Fsp3) is 0.300. The molecule has 0 aliphatic heterocycles. The van der Waals surface area contributed by atoms with Gasteiger partial charge in [0.15, 0.2) is 6.04 Å². The highest BCUT2D eigenvalue weighted by Gasteiger charge is 2.39. The van der Waals surface area contributed by atoms with Crippen molar-refractivity contribution in [3.63, 3.8) is 0 Å². The van der Waals surface area contributed by atoms with Gasteiger partial charge in [0.05, 0.1) is 19.1 Å². The van der Waals surface area contributed by atoms with Crippen molar-refractivity contribution >= 4 is 18.0 Å². The Balaban J connectivity index is 1.40. The molecule has 3 N–H and O–H groups in total. The van der Waals surface area contributed by atoms with E-state index in [-0.39, 0.29) is 19.1 Å². The second-order valence-electron chi connectivity index (χ2n) is 9.67. The minimum Gasteiger partial charge on any atom is -0.480 e. The Hall–Kier alpha value is -4.38. The van der Waals surface area contributed by atoms with Crippen molar-refractivity contribution in [3.05, 3.63) is 95.6 Å². The molecule has 41 heavy (non-hydrogen) atoms. The Kier molecular flexibility index (Phi) is 9.28. The van der Waals surface area contributed by atoms with Crippen molar-refractivity contribution in [1.82, 2.24) is 10.6 Å². The van der Waals surface area contributed by atoms with E-state index in [4.69, 9.17) is 9.47 Å². The van der Waals surface area contributed by atoms with Gasteiger partial charge in [0, 0.05) is 5.92 Å². The van der Waals surface area contributed by atoms with E-state index in [0.29, 0.717) is 0 Å². The molecule has 0 saturated carbocycles.